The Kier molecular flexibility index (Phi) is 10.4. The van der Waals surface area contributed by atoms with Crippen molar-refractivity contribution < 1.29 is 28.4 Å². The summed E-state index contributed by atoms with van der Waals surface area (Å²) in [5.41, 5.74) is -0.756. The van der Waals surface area contributed by atoms with Gasteiger partial charge in [0.2, 0.25) is 11.8 Å². The van der Waals surface area contributed by atoms with Crippen molar-refractivity contribution in [3.8, 4) is 0 Å². The van der Waals surface area contributed by atoms with Gasteiger partial charge in [0.25, 0.3) is 0 Å². The number of unbranched alkanes of at least 4 members (excludes halogenated alkanes) is 4. The number of hydrogen-bond acceptors (Lipinski definition) is 6. The number of hydrogen-bond donors (Lipinski definition) is 2. The highest BCUT2D eigenvalue weighted by Gasteiger charge is 2.68. The minimum absolute atomic E-state index is 0.0444. The van der Waals surface area contributed by atoms with Gasteiger partial charge in [0.1, 0.15) is 18.2 Å². The summed E-state index contributed by atoms with van der Waals surface area (Å²) >= 11 is 0. The fourth-order valence-electron chi connectivity index (χ4n) is 7.67. The van der Waals surface area contributed by atoms with Crippen molar-refractivity contribution in [2.45, 2.75) is 142 Å². The lowest BCUT2D eigenvalue weighted by molar-refractivity contribution is -0.199. The van der Waals surface area contributed by atoms with E-state index in [4.69, 9.17) is 14.0 Å². The Morgan fingerprint density at radius 3 is 2.55 bits per heavy atom. The lowest BCUT2D eigenvalue weighted by atomic mass is 9.43. The predicted molar refractivity (Wildman–Crippen MR) is 164 cm³/mol. The summed E-state index contributed by atoms with van der Waals surface area (Å²) in [5, 5.41) is 5.80. The minimum atomic E-state index is -0.653. The summed E-state index contributed by atoms with van der Waals surface area (Å²) in [4.78, 5) is 40.4. The molecule has 0 aromatic rings. The molecule has 0 spiro atoms. The Balaban J connectivity index is 1.37. The fraction of sp³-hybridized carbons (Fsp3) is 0.844. The van der Waals surface area contributed by atoms with E-state index in [9.17, 15) is 14.4 Å². The molecule has 2 aliphatic heterocycles. The van der Waals surface area contributed by atoms with Gasteiger partial charge in [-0.3, -0.25) is 9.59 Å². The van der Waals surface area contributed by atoms with Gasteiger partial charge in [0, 0.05) is 6.54 Å². The zero-order chi connectivity index (χ0) is 30.7. The van der Waals surface area contributed by atoms with Gasteiger partial charge in [-0.05, 0) is 96.8 Å². The first-order valence-corrected chi connectivity index (χ1v) is 16.3. The van der Waals surface area contributed by atoms with Gasteiger partial charge in [-0.25, -0.2) is 4.79 Å². The summed E-state index contributed by atoms with van der Waals surface area (Å²) in [7, 11) is -0.499. The van der Waals surface area contributed by atoms with Gasteiger partial charge in [-0.1, -0.05) is 45.3 Å². The van der Waals surface area contributed by atoms with Crippen LogP contribution in [0.3, 0.4) is 0 Å². The molecule has 42 heavy (non-hydrogen) atoms. The molecule has 0 aromatic heterocycles. The second kappa shape index (κ2) is 13.3. The summed E-state index contributed by atoms with van der Waals surface area (Å²) < 4.78 is 18.6. The number of likely N-dealkylation sites (tertiary alicyclic amines) is 1. The molecule has 3 amide bonds. The van der Waals surface area contributed by atoms with Crippen molar-refractivity contribution >= 4 is 25.0 Å². The highest BCUT2D eigenvalue weighted by Crippen LogP contribution is 2.65. The molecule has 9 nitrogen and oxygen atoms in total. The zero-order valence-electron chi connectivity index (χ0n) is 27.0. The Labute approximate surface area is 253 Å². The van der Waals surface area contributed by atoms with Crippen molar-refractivity contribution in [2.24, 2.45) is 17.3 Å². The molecule has 6 unspecified atom stereocenters. The van der Waals surface area contributed by atoms with Crippen molar-refractivity contribution in [2.75, 3.05) is 13.1 Å². The van der Waals surface area contributed by atoms with Crippen molar-refractivity contribution in [3.63, 3.8) is 0 Å². The maximum atomic E-state index is 13.7. The number of amides is 3. The van der Waals surface area contributed by atoms with Gasteiger partial charge >= 0.3 is 13.2 Å². The van der Waals surface area contributed by atoms with Crippen molar-refractivity contribution in [1.82, 2.24) is 15.5 Å². The monoisotopic (exact) mass is 587 g/mol. The maximum absolute atomic E-state index is 13.7. The van der Waals surface area contributed by atoms with Crippen molar-refractivity contribution in [3.05, 3.63) is 12.2 Å². The fourth-order valence-corrected chi connectivity index (χ4v) is 7.67. The molecule has 236 valence electrons. The second-order valence-electron chi connectivity index (χ2n) is 14.6. The number of carbonyl (C=O) groups excluding carboxylic acids is 3. The van der Waals surface area contributed by atoms with Crippen LogP contribution in [0.15, 0.2) is 12.2 Å². The van der Waals surface area contributed by atoms with E-state index in [2.05, 4.69) is 50.5 Å². The molecule has 6 atom stereocenters. The molecule has 3 aliphatic carbocycles. The van der Waals surface area contributed by atoms with Crippen LogP contribution >= 0.6 is 0 Å². The Morgan fingerprint density at radius 2 is 1.86 bits per heavy atom. The van der Waals surface area contributed by atoms with E-state index < -0.39 is 24.9 Å². The highest BCUT2D eigenvalue weighted by atomic mass is 16.7. The summed E-state index contributed by atoms with van der Waals surface area (Å²) in [6.07, 6.45) is 13.4. The van der Waals surface area contributed by atoms with E-state index in [0.717, 1.165) is 51.4 Å². The average Bonchev–Trinajstić information content (AvgIpc) is 3.54. The number of allylic oxidation sites excluding steroid dienone is 2. The Hall–Kier alpha value is -2.07. The summed E-state index contributed by atoms with van der Waals surface area (Å²) in [5.74, 6) is 0.356. The number of carbonyl (C=O) groups is 3. The third-order valence-electron chi connectivity index (χ3n) is 10.2. The molecule has 0 aromatic carbocycles. The highest BCUT2D eigenvalue weighted by molar-refractivity contribution is 6.47. The molecule has 2 bridgehead atoms. The van der Waals surface area contributed by atoms with Crippen LogP contribution in [-0.2, 0) is 23.6 Å². The molecular formula is C32H54BN3O6. The van der Waals surface area contributed by atoms with E-state index in [0.29, 0.717) is 24.8 Å². The van der Waals surface area contributed by atoms with Crippen LogP contribution in [0.5, 0.6) is 0 Å². The van der Waals surface area contributed by atoms with Crippen LogP contribution in [0.25, 0.3) is 0 Å². The Bertz CT molecular complexity index is 1010. The van der Waals surface area contributed by atoms with Crippen LogP contribution in [0.4, 0.5) is 4.79 Å². The van der Waals surface area contributed by atoms with Gasteiger partial charge < -0.3 is 29.6 Å². The molecule has 5 fully saturated rings. The normalized spacial score (nSPS) is 30.5. The first-order valence-electron chi connectivity index (χ1n) is 16.3. The molecule has 10 heteroatoms. The first kappa shape index (κ1) is 32.8. The number of rotatable bonds is 12. The number of alkyl carbamates (subject to hydrolysis) is 1. The van der Waals surface area contributed by atoms with Crippen molar-refractivity contribution in [1.29, 1.82) is 0 Å². The second-order valence-corrected chi connectivity index (χ2v) is 14.6. The SMILES string of the molecule is C/C=C\CCCCCCC(NC(=O)C1CCCN1C(=O)CNC(=O)OC(C)(C)C)B1OC2CC3CC(C3(C)C)C2(C)O1. The minimum Gasteiger partial charge on any atom is -0.444 e. The van der Waals surface area contributed by atoms with Gasteiger partial charge in [0.05, 0.1) is 17.6 Å². The number of nitrogens with one attached hydrogen (secondary N) is 2. The molecular weight excluding hydrogens is 533 g/mol. The quantitative estimate of drug-likeness (QED) is 0.185. The Morgan fingerprint density at radius 1 is 1.12 bits per heavy atom. The van der Waals surface area contributed by atoms with E-state index in [1.165, 1.54) is 6.42 Å². The smallest absolute Gasteiger partial charge is 0.444 e. The lowest BCUT2D eigenvalue weighted by Crippen LogP contribution is -2.65. The van der Waals surface area contributed by atoms with E-state index >= 15 is 0 Å². The van der Waals surface area contributed by atoms with Crippen LogP contribution in [0, 0.1) is 17.3 Å². The maximum Gasteiger partial charge on any atom is 0.481 e. The van der Waals surface area contributed by atoms with Crippen LogP contribution in [0.1, 0.15) is 113 Å². The van der Waals surface area contributed by atoms with Crippen LogP contribution in [0.2, 0.25) is 0 Å². The predicted octanol–water partition coefficient (Wildman–Crippen LogP) is 5.17. The molecule has 5 aliphatic rings. The standard InChI is InChI=1S/C32H54BN3O6/c1-8-9-10-11-12-13-14-17-26(33-41-25-20-22-19-24(31(22,5)6)32(25,7)42-33)35-28(38)23-16-15-18-36(23)27(37)21-34-29(39)40-30(2,3)4/h8-9,22-26H,10-21H2,1-7H3,(H,34,39)(H,35,38)/b9-8-. The van der Waals surface area contributed by atoms with Crippen LogP contribution < -0.4 is 10.6 Å². The molecule has 3 saturated carbocycles. The van der Waals surface area contributed by atoms with Gasteiger partial charge in [0.15, 0.2) is 0 Å². The lowest BCUT2D eigenvalue weighted by Gasteiger charge is -2.64. The molecule has 5 rings (SSSR count). The van der Waals surface area contributed by atoms with Crippen LogP contribution in [-0.4, -0.2) is 72.3 Å². The van der Waals surface area contributed by atoms with Gasteiger partial charge in [-0.15, -0.1) is 0 Å². The zero-order valence-corrected chi connectivity index (χ0v) is 27.0. The molecule has 2 heterocycles. The van der Waals surface area contributed by atoms with E-state index in [1.807, 2.05) is 0 Å². The number of nitrogens with zero attached hydrogens (tertiary/aromatic N) is 1. The summed E-state index contributed by atoms with van der Waals surface area (Å²) in [6, 6.07) is -0.577. The third-order valence-corrected chi connectivity index (χ3v) is 10.2. The summed E-state index contributed by atoms with van der Waals surface area (Å²) in [6.45, 7) is 14.5. The third kappa shape index (κ3) is 7.35. The first-order chi connectivity index (χ1) is 19.8. The average molecular weight is 588 g/mol. The largest absolute Gasteiger partial charge is 0.481 e. The topological polar surface area (TPSA) is 106 Å². The number of ether oxygens (including phenoxy) is 1. The van der Waals surface area contributed by atoms with E-state index in [1.54, 1.807) is 25.7 Å². The molecule has 2 saturated heterocycles. The molecule has 0 radical (unpaired) electrons. The van der Waals surface area contributed by atoms with E-state index in [-0.39, 0.29) is 41.4 Å². The van der Waals surface area contributed by atoms with Gasteiger partial charge in [-0.2, -0.15) is 0 Å². The molecule has 2 N–H and O–H groups in total.